The molecular formula is C9H13ClN2O3. The van der Waals surface area contributed by atoms with E-state index in [9.17, 15) is 4.79 Å². The van der Waals surface area contributed by atoms with Gasteiger partial charge in [0.2, 0.25) is 0 Å². The zero-order valence-corrected chi connectivity index (χ0v) is 9.41. The van der Waals surface area contributed by atoms with Crippen LogP contribution in [0.3, 0.4) is 0 Å². The SMILES string of the molecule is CCCn1nc(COC)c(C(=O)O)c1Cl. The first kappa shape index (κ1) is 12.0. The molecule has 1 aromatic heterocycles. The molecule has 84 valence electrons. The van der Waals surface area contributed by atoms with Gasteiger partial charge >= 0.3 is 5.97 Å². The average Bonchev–Trinajstić information content (AvgIpc) is 2.45. The topological polar surface area (TPSA) is 64.4 Å². The minimum Gasteiger partial charge on any atom is -0.478 e. The van der Waals surface area contributed by atoms with Gasteiger partial charge in [0.15, 0.2) is 0 Å². The summed E-state index contributed by atoms with van der Waals surface area (Å²) in [7, 11) is 1.48. The van der Waals surface area contributed by atoms with Crippen molar-refractivity contribution in [3.05, 3.63) is 16.4 Å². The second-order valence-corrected chi connectivity index (χ2v) is 3.43. The summed E-state index contributed by atoms with van der Waals surface area (Å²) in [6.45, 7) is 2.72. The van der Waals surface area contributed by atoms with Crippen LogP contribution in [0.25, 0.3) is 0 Å². The van der Waals surface area contributed by atoms with Crippen molar-refractivity contribution in [1.82, 2.24) is 9.78 Å². The normalized spacial score (nSPS) is 10.6. The fraction of sp³-hybridized carbons (Fsp3) is 0.556. The molecule has 15 heavy (non-hydrogen) atoms. The highest BCUT2D eigenvalue weighted by molar-refractivity contribution is 6.32. The molecule has 0 radical (unpaired) electrons. The summed E-state index contributed by atoms with van der Waals surface area (Å²) in [5.74, 6) is -1.07. The average molecular weight is 233 g/mol. The van der Waals surface area contributed by atoms with Gasteiger partial charge in [-0.05, 0) is 6.42 Å². The minimum atomic E-state index is -1.07. The molecule has 0 amide bonds. The molecule has 0 saturated carbocycles. The first-order chi connectivity index (χ1) is 7.11. The summed E-state index contributed by atoms with van der Waals surface area (Å²) >= 11 is 5.90. The number of aromatic nitrogens is 2. The molecule has 0 spiro atoms. The second kappa shape index (κ2) is 5.14. The number of carbonyl (C=O) groups is 1. The molecule has 0 aliphatic carbocycles. The van der Waals surface area contributed by atoms with Crippen LogP contribution in [0.15, 0.2) is 0 Å². The Kier molecular flexibility index (Phi) is 4.11. The predicted octanol–water partition coefficient (Wildman–Crippen LogP) is 1.79. The number of halogens is 1. The van der Waals surface area contributed by atoms with Crippen LogP contribution in [-0.2, 0) is 17.9 Å². The van der Waals surface area contributed by atoms with Gasteiger partial charge in [-0.1, -0.05) is 18.5 Å². The largest absolute Gasteiger partial charge is 0.478 e. The lowest BCUT2D eigenvalue weighted by Crippen LogP contribution is -2.01. The molecule has 0 aliphatic heterocycles. The molecule has 5 nitrogen and oxygen atoms in total. The lowest BCUT2D eigenvalue weighted by molar-refractivity contribution is 0.0692. The lowest BCUT2D eigenvalue weighted by Gasteiger charge is -1.98. The van der Waals surface area contributed by atoms with Crippen LogP contribution in [0.4, 0.5) is 0 Å². The fourth-order valence-electron chi connectivity index (χ4n) is 1.30. The molecule has 1 heterocycles. The second-order valence-electron chi connectivity index (χ2n) is 3.07. The van der Waals surface area contributed by atoms with E-state index in [0.29, 0.717) is 12.2 Å². The highest BCUT2D eigenvalue weighted by Gasteiger charge is 2.21. The van der Waals surface area contributed by atoms with Crippen LogP contribution in [-0.4, -0.2) is 28.0 Å². The van der Waals surface area contributed by atoms with Crippen molar-refractivity contribution < 1.29 is 14.6 Å². The van der Waals surface area contributed by atoms with Crippen LogP contribution in [0.2, 0.25) is 5.15 Å². The Labute approximate surface area is 92.6 Å². The Balaban J connectivity index is 3.13. The minimum absolute atomic E-state index is 0.0342. The molecule has 0 bridgehead atoms. The van der Waals surface area contributed by atoms with Crippen LogP contribution in [0.5, 0.6) is 0 Å². The number of hydrogen-bond acceptors (Lipinski definition) is 3. The standard InChI is InChI=1S/C9H13ClN2O3/c1-3-4-12-8(10)7(9(13)14)6(11-12)5-15-2/h3-5H2,1-2H3,(H,13,14). The Hall–Kier alpha value is -1.07. The van der Waals surface area contributed by atoms with Gasteiger partial charge in [0, 0.05) is 13.7 Å². The van der Waals surface area contributed by atoms with Crippen molar-refractivity contribution in [3.8, 4) is 0 Å². The monoisotopic (exact) mass is 232 g/mol. The van der Waals surface area contributed by atoms with Gasteiger partial charge in [0.25, 0.3) is 0 Å². The molecule has 0 unspecified atom stereocenters. The third-order valence-corrected chi connectivity index (χ3v) is 2.28. The van der Waals surface area contributed by atoms with Crippen molar-refractivity contribution in [3.63, 3.8) is 0 Å². The van der Waals surface area contributed by atoms with Crippen molar-refractivity contribution >= 4 is 17.6 Å². The maximum Gasteiger partial charge on any atom is 0.340 e. The van der Waals surface area contributed by atoms with Gasteiger partial charge in [-0.2, -0.15) is 5.10 Å². The summed E-state index contributed by atoms with van der Waals surface area (Å²) in [6, 6.07) is 0. The van der Waals surface area contributed by atoms with Crippen molar-refractivity contribution in [1.29, 1.82) is 0 Å². The van der Waals surface area contributed by atoms with E-state index in [1.54, 1.807) is 0 Å². The van der Waals surface area contributed by atoms with Gasteiger partial charge in [-0.3, -0.25) is 4.68 Å². The van der Waals surface area contributed by atoms with E-state index >= 15 is 0 Å². The molecule has 1 N–H and O–H groups in total. The number of aryl methyl sites for hydroxylation is 1. The smallest absolute Gasteiger partial charge is 0.340 e. The number of ether oxygens (including phenoxy) is 1. The highest BCUT2D eigenvalue weighted by Crippen LogP contribution is 2.21. The Morgan fingerprint density at radius 2 is 2.33 bits per heavy atom. The molecule has 1 rings (SSSR count). The summed E-state index contributed by atoms with van der Waals surface area (Å²) < 4.78 is 6.35. The molecule has 0 aliphatic rings. The number of hydrogen-bond donors (Lipinski definition) is 1. The van der Waals surface area contributed by atoms with E-state index in [0.717, 1.165) is 6.42 Å². The van der Waals surface area contributed by atoms with Crippen molar-refractivity contribution in [2.75, 3.05) is 7.11 Å². The number of carboxylic acids is 1. The first-order valence-corrected chi connectivity index (χ1v) is 4.97. The Bertz CT molecular complexity index is 362. The van der Waals surface area contributed by atoms with Crippen molar-refractivity contribution in [2.45, 2.75) is 26.5 Å². The first-order valence-electron chi connectivity index (χ1n) is 4.59. The molecule has 1 aromatic rings. The van der Waals surface area contributed by atoms with E-state index in [4.69, 9.17) is 21.4 Å². The molecule has 0 atom stereocenters. The van der Waals surface area contributed by atoms with E-state index in [2.05, 4.69) is 5.10 Å². The van der Waals surface area contributed by atoms with E-state index in [1.807, 2.05) is 6.92 Å². The lowest BCUT2D eigenvalue weighted by atomic mass is 10.2. The van der Waals surface area contributed by atoms with Crippen LogP contribution >= 0.6 is 11.6 Å². The number of rotatable bonds is 5. The van der Waals surface area contributed by atoms with Gasteiger partial charge in [-0.25, -0.2) is 4.79 Å². The zero-order chi connectivity index (χ0) is 11.4. The van der Waals surface area contributed by atoms with Gasteiger partial charge in [0.05, 0.1) is 6.61 Å². The quantitative estimate of drug-likeness (QED) is 0.841. The number of methoxy groups -OCH3 is 1. The maximum atomic E-state index is 10.9. The fourth-order valence-corrected chi connectivity index (χ4v) is 1.61. The van der Waals surface area contributed by atoms with Gasteiger partial charge < -0.3 is 9.84 Å². The Morgan fingerprint density at radius 3 is 2.80 bits per heavy atom. The van der Waals surface area contributed by atoms with E-state index in [1.165, 1.54) is 11.8 Å². The summed E-state index contributed by atoms with van der Waals surface area (Å²) in [5.41, 5.74) is 0.399. The van der Waals surface area contributed by atoms with Crippen LogP contribution < -0.4 is 0 Å². The third kappa shape index (κ3) is 2.49. The van der Waals surface area contributed by atoms with E-state index in [-0.39, 0.29) is 17.3 Å². The number of carboxylic acid groups (broad SMARTS) is 1. The number of aromatic carboxylic acids is 1. The van der Waals surface area contributed by atoms with Crippen LogP contribution in [0, 0.1) is 0 Å². The molecule has 0 saturated heterocycles. The summed E-state index contributed by atoms with van der Waals surface area (Å²) in [5, 5.41) is 13.2. The third-order valence-electron chi connectivity index (χ3n) is 1.89. The van der Waals surface area contributed by atoms with Crippen LogP contribution in [0.1, 0.15) is 29.4 Å². The van der Waals surface area contributed by atoms with Crippen molar-refractivity contribution in [2.24, 2.45) is 0 Å². The van der Waals surface area contributed by atoms with Gasteiger partial charge in [0.1, 0.15) is 16.4 Å². The highest BCUT2D eigenvalue weighted by atomic mass is 35.5. The van der Waals surface area contributed by atoms with E-state index < -0.39 is 5.97 Å². The molecule has 0 aromatic carbocycles. The molecular weight excluding hydrogens is 220 g/mol. The predicted molar refractivity (Wildman–Crippen MR) is 55.2 cm³/mol. The molecule has 0 fully saturated rings. The zero-order valence-electron chi connectivity index (χ0n) is 8.66. The Morgan fingerprint density at radius 1 is 1.67 bits per heavy atom. The van der Waals surface area contributed by atoms with Gasteiger partial charge in [-0.15, -0.1) is 0 Å². The molecule has 6 heteroatoms. The summed E-state index contributed by atoms with van der Waals surface area (Å²) in [4.78, 5) is 10.9. The maximum absolute atomic E-state index is 10.9. The summed E-state index contributed by atoms with van der Waals surface area (Å²) in [6.07, 6.45) is 0.840. The number of nitrogens with zero attached hydrogens (tertiary/aromatic N) is 2.